The van der Waals surface area contributed by atoms with Crippen LogP contribution in [0.3, 0.4) is 0 Å². The number of rotatable bonds is 8. The first-order chi connectivity index (χ1) is 12.4. The summed E-state index contributed by atoms with van der Waals surface area (Å²) in [7, 11) is 1.77. The Kier molecular flexibility index (Phi) is 6.95. The molecule has 0 aromatic carbocycles. The second-order valence-corrected chi connectivity index (χ2v) is 6.02. The molecule has 2 unspecified atom stereocenters. The minimum atomic E-state index is -0.899. The Balaban J connectivity index is 1.97. The van der Waals surface area contributed by atoms with Gasteiger partial charge in [0.25, 0.3) is 5.91 Å². The summed E-state index contributed by atoms with van der Waals surface area (Å²) in [6, 6.07) is -0.108. The Morgan fingerprint density at radius 2 is 2.27 bits per heavy atom. The topological polar surface area (TPSA) is 180 Å². The van der Waals surface area contributed by atoms with E-state index in [0.29, 0.717) is 18.9 Å². The van der Waals surface area contributed by atoms with Gasteiger partial charge in [0.05, 0.1) is 37.3 Å². The maximum absolute atomic E-state index is 11.3. The summed E-state index contributed by atoms with van der Waals surface area (Å²) in [6.07, 6.45) is 4.10. The van der Waals surface area contributed by atoms with Crippen molar-refractivity contribution in [3.8, 4) is 0 Å². The maximum atomic E-state index is 11.3. The molecule has 0 saturated carbocycles. The molecule has 2 heterocycles. The van der Waals surface area contributed by atoms with Gasteiger partial charge in [-0.3, -0.25) is 20.3 Å². The normalized spacial score (nSPS) is 20.6. The van der Waals surface area contributed by atoms with Gasteiger partial charge in [0.15, 0.2) is 0 Å². The van der Waals surface area contributed by atoms with Crippen molar-refractivity contribution in [2.45, 2.75) is 18.5 Å². The summed E-state index contributed by atoms with van der Waals surface area (Å²) in [5, 5.41) is 26.0. The van der Waals surface area contributed by atoms with Crippen molar-refractivity contribution < 1.29 is 9.53 Å². The van der Waals surface area contributed by atoms with Crippen LogP contribution in [0.4, 0.5) is 5.69 Å². The van der Waals surface area contributed by atoms with E-state index in [1.807, 2.05) is 0 Å². The van der Waals surface area contributed by atoms with Gasteiger partial charge in [-0.2, -0.15) is 5.10 Å². The molecule has 1 aromatic rings. The minimum absolute atomic E-state index is 0.0160. The fourth-order valence-electron chi connectivity index (χ4n) is 2.47. The summed E-state index contributed by atoms with van der Waals surface area (Å²) in [5.74, 6) is -0.915. The molecule has 11 nitrogen and oxygen atoms in total. The number of carbonyl (C=O) groups is 1. The zero-order valence-electron chi connectivity index (χ0n) is 14.7. The van der Waals surface area contributed by atoms with Crippen LogP contribution in [-0.2, 0) is 16.6 Å². The van der Waals surface area contributed by atoms with Crippen molar-refractivity contribution in [2.75, 3.05) is 31.6 Å². The van der Waals surface area contributed by atoms with E-state index in [4.69, 9.17) is 27.0 Å². The summed E-state index contributed by atoms with van der Waals surface area (Å²) >= 11 is 0. The van der Waals surface area contributed by atoms with E-state index in [0.717, 1.165) is 6.42 Å². The number of hydrogen-bond acceptors (Lipinski definition) is 8. The summed E-state index contributed by atoms with van der Waals surface area (Å²) in [4.78, 5) is 15.4. The zero-order chi connectivity index (χ0) is 19.1. The molecule has 0 aliphatic carbocycles. The molecule has 0 radical (unpaired) electrons. The summed E-state index contributed by atoms with van der Waals surface area (Å²) in [6.45, 7) is 1.34. The van der Waals surface area contributed by atoms with E-state index in [9.17, 15) is 4.79 Å². The number of nitrogens with zero attached hydrogens (tertiary/aromatic N) is 3. The van der Waals surface area contributed by atoms with Gasteiger partial charge in [-0.05, 0) is 6.42 Å². The standard InChI is InChI=1S/C15H25N9O2/c1-24-7-9(4-22-24)20-5-12(14(18)15(19)25)23-13(17)6-21-11-2-3-26-8-10(11)16/h4,7,10-11,17-18,20-21H,2-3,5-6,8,16H2,1H3,(H2,19,25). The first-order valence-corrected chi connectivity index (χ1v) is 8.19. The van der Waals surface area contributed by atoms with E-state index >= 15 is 0 Å². The number of primary amides is 1. The molecule has 0 bridgehead atoms. The van der Waals surface area contributed by atoms with E-state index in [2.05, 4.69) is 20.7 Å². The van der Waals surface area contributed by atoms with Gasteiger partial charge in [-0.1, -0.05) is 0 Å². The van der Waals surface area contributed by atoms with Gasteiger partial charge in [0, 0.05) is 31.9 Å². The van der Waals surface area contributed by atoms with Gasteiger partial charge in [0.2, 0.25) is 0 Å². The number of amides is 1. The Morgan fingerprint density at radius 1 is 1.50 bits per heavy atom. The highest BCUT2D eigenvalue weighted by molar-refractivity contribution is 6.66. The van der Waals surface area contributed by atoms with Crippen molar-refractivity contribution in [3.63, 3.8) is 0 Å². The van der Waals surface area contributed by atoms with Gasteiger partial charge < -0.3 is 26.8 Å². The molecule has 11 heteroatoms. The second-order valence-electron chi connectivity index (χ2n) is 6.02. The van der Waals surface area contributed by atoms with Crippen molar-refractivity contribution in [2.24, 2.45) is 23.5 Å². The van der Waals surface area contributed by atoms with Crippen LogP contribution in [0.5, 0.6) is 0 Å². The average molecular weight is 363 g/mol. The number of hydrogen-bond donors (Lipinski definition) is 6. The molecule has 1 aliphatic heterocycles. The number of amidine groups is 1. The number of aliphatic imine (C=N–C) groups is 1. The predicted octanol–water partition coefficient (Wildman–Crippen LogP) is -1.54. The van der Waals surface area contributed by atoms with Crippen LogP contribution in [0.25, 0.3) is 0 Å². The van der Waals surface area contributed by atoms with Gasteiger partial charge in [-0.15, -0.1) is 0 Å². The lowest BCUT2D eigenvalue weighted by Crippen LogP contribution is -2.52. The smallest absolute Gasteiger partial charge is 0.268 e. The van der Waals surface area contributed by atoms with Gasteiger partial charge in [0.1, 0.15) is 11.5 Å². The molecule has 1 fully saturated rings. The molecule has 2 atom stereocenters. The molecule has 2 rings (SSSR count). The highest BCUT2D eigenvalue weighted by atomic mass is 16.5. The molecule has 1 amide bonds. The van der Waals surface area contributed by atoms with Gasteiger partial charge >= 0.3 is 0 Å². The quantitative estimate of drug-likeness (QED) is 0.240. The summed E-state index contributed by atoms with van der Waals surface area (Å²) < 4.78 is 6.89. The molecular formula is C15H25N9O2. The predicted molar refractivity (Wildman–Crippen MR) is 99.0 cm³/mol. The van der Waals surface area contributed by atoms with Crippen molar-refractivity contribution in [3.05, 3.63) is 12.4 Å². The van der Waals surface area contributed by atoms with Crippen LogP contribution >= 0.6 is 0 Å². The van der Waals surface area contributed by atoms with Crippen LogP contribution in [0.15, 0.2) is 17.4 Å². The third-order valence-electron chi connectivity index (χ3n) is 3.90. The maximum Gasteiger partial charge on any atom is 0.268 e. The lowest BCUT2D eigenvalue weighted by molar-refractivity contribution is -0.111. The molecule has 26 heavy (non-hydrogen) atoms. The van der Waals surface area contributed by atoms with Crippen LogP contribution in [0, 0.1) is 10.8 Å². The molecule has 1 aromatic heterocycles. The first-order valence-electron chi connectivity index (χ1n) is 8.19. The molecule has 1 saturated heterocycles. The number of aryl methyl sites for hydroxylation is 1. The first kappa shape index (κ1) is 19.7. The monoisotopic (exact) mass is 363 g/mol. The van der Waals surface area contributed by atoms with Crippen molar-refractivity contribution in [1.29, 1.82) is 10.8 Å². The van der Waals surface area contributed by atoms with E-state index in [1.54, 1.807) is 24.1 Å². The zero-order valence-corrected chi connectivity index (χ0v) is 14.7. The van der Waals surface area contributed by atoms with E-state index in [1.165, 1.54) is 0 Å². The SMILES string of the molecule is Cn1cc(NCC(=NC(=N)CNC2CCOCC2N)C(=N)C(N)=O)cn1. The third kappa shape index (κ3) is 5.72. The Morgan fingerprint density at radius 3 is 2.88 bits per heavy atom. The minimum Gasteiger partial charge on any atom is -0.380 e. The number of aromatic nitrogens is 2. The highest BCUT2D eigenvalue weighted by Crippen LogP contribution is 2.05. The Labute approximate surface area is 151 Å². The number of carbonyl (C=O) groups excluding carboxylic acids is 1. The Bertz CT molecular complexity index is 697. The second kappa shape index (κ2) is 9.17. The average Bonchev–Trinajstić information content (AvgIpc) is 3.02. The van der Waals surface area contributed by atoms with Crippen LogP contribution in [0.2, 0.25) is 0 Å². The summed E-state index contributed by atoms with van der Waals surface area (Å²) in [5.41, 5.74) is 11.5. The number of nitrogens with one attached hydrogen (secondary N) is 4. The fourth-order valence-corrected chi connectivity index (χ4v) is 2.47. The Hall–Kier alpha value is -2.63. The van der Waals surface area contributed by atoms with E-state index < -0.39 is 11.6 Å². The molecule has 0 spiro atoms. The highest BCUT2D eigenvalue weighted by Gasteiger charge is 2.22. The van der Waals surface area contributed by atoms with Crippen LogP contribution < -0.4 is 22.1 Å². The van der Waals surface area contributed by atoms with E-state index in [-0.39, 0.29) is 36.7 Å². The lowest BCUT2D eigenvalue weighted by Gasteiger charge is -2.29. The number of ether oxygens (including phenoxy) is 1. The molecule has 8 N–H and O–H groups in total. The lowest BCUT2D eigenvalue weighted by atomic mass is 10.0. The van der Waals surface area contributed by atoms with Crippen molar-refractivity contribution in [1.82, 2.24) is 15.1 Å². The third-order valence-corrected chi connectivity index (χ3v) is 3.90. The van der Waals surface area contributed by atoms with Crippen LogP contribution in [-0.4, -0.2) is 71.3 Å². The largest absolute Gasteiger partial charge is 0.380 e. The molecular weight excluding hydrogens is 338 g/mol. The molecule has 1 aliphatic rings. The molecule has 142 valence electrons. The fraction of sp³-hybridized carbons (Fsp3) is 0.533. The van der Waals surface area contributed by atoms with Gasteiger partial charge in [-0.25, -0.2) is 4.99 Å². The van der Waals surface area contributed by atoms with Crippen molar-refractivity contribution >= 4 is 28.9 Å². The number of nitrogens with two attached hydrogens (primary N) is 2. The number of anilines is 1. The van der Waals surface area contributed by atoms with Crippen LogP contribution in [0.1, 0.15) is 6.42 Å².